The van der Waals surface area contributed by atoms with Gasteiger partial charge in [-0.1, -0.05) is 30.2 Å². The second-order valence-corrected chi connectivity index (χ2v) is 8.51. The van der Waals surface area contributed by atoms with Crippen molar-refractivity contribution in [3.05, 3.63) is 35.4 Å². The van der Waals surface area contributed by atoms with Crippen molar-refractivity contribution in [3.63, 3.8) is 0 Å². The molecule has 1 N–H and O–H groups in total. The monoisotopic (exact) mass is 358 g/mol. The van der Waals surface area contributed by atoms with Gasteiger partial charge < -0.3 is 4.74 Å². The summed E-state index contributed by atoms with van der Waals surface area (Å²) in [6.07, 6.45) is 11.5. The largest absolute Gasteiger partial charge is 0.381 e. The van der Waals surface area contributed by atoms with Crippen LogP contribution in [0.1, 0.15) is 50.5 Å². The number of rotatable bonds is 5. The summed E-state index contributed by atoms with van der Waals surface area (Å²) in [6.45, 7) is 4.31. The zero-order chi connectivity index (χ0) is 16.9. The van der Waals surface area contributed by atoms with Crippen molar-refractivity contribution in [2.24, 2.45) is 0 Å². The predicted molar refractivity (Wildman–Crippen MR) is 106 cm³/mol. The van der Waals surface area contributed by atoms with Crippen molar-refractivity contribution >= 4 is 18.0 Å². The second kappa shape index (κ2) is 8.72. The molecule has 3 nitrogen and oxygen atoms in total. The third-order valence-electron chi connectivity index (χ3n) is 5.85. The van der Waals surface area contributed by atoms with Crippen molar-refractivity contribution in [1.82, 2.24) is 9.62 Å². The first-order valence-corrected chi connectivity index (χ1v) is 10.7. The summed E-state index contributed by atoms with van der Waals surface area (Å²) in [4.78, 5) is 4.01. The Hall–Kier alpha value is -0.810. The van der Waals surface area contributed by atoms with Gasteiger partial charge in [-0.25, -0.2) is 0 Å². The summed E-state index contributed by atoms with van der Waals surface area (Å²) in [5.74, 6) is 0. The highest BCUT2D eigenvalue weighted by Crippen LogP contribution is 2.29. The lowest BCUT2D eigenvalue weighted by Gasteiger charge is -2.40. The molecule has 4 rings (SSSR count). The molecule has 25 heavy (non-hydrogen) atoms. The summed E-state index contributed by atoms with van der Waals surface area (Å²) in [7, 11) is 0. The van der Waals surface area contributed by atoms with Gasteiger partial charge in [-0.3, -0.25) is 9.62 Å². The predicted octanol–water partition coefficient (Wildman–Crippen LogP) is 4.49. The Labute approximate surface area is 156 Å². The van der Waals surface area contributed by atoms with Gasteiger partial charge in [-0.2, -0.15) is 0 Å². The SMILES string of the molecule is C(=C1CCN(C2CCC2)CC1)c1ccc(SNC2CCOCC2)cc1. The highest BCUT2D eigenvalue weighted by molar-refractivity contribution is 7.97. The summed E-state index contributed by atoms with van der Waals surface area (Å²) >= 11 is 1.76. The maximum Gasteiger partial charge on any atom is 0.0481 e. The van der Waals surface area contributed by atoms with Gasteiger partial charge in [0.05, 0.1) is 0 Å². The van der Waals surface area contributed by atoms with E-state index in [0.717, 1.165) is 32.1 Å². The summed E-state index contributed by atoms with van der Waals surface area (Å²) in [6, 6.07) is 10.5. The van der Waals surface area contributed by atoms with Crippen molar-refractivity contribution in [2.45, 2.75) is 61.9 Å². The van der Waals surface area contributed by atoms with Gasteiger partial charge >= 0.3 is 0 Å². The highest BCUT2D eigenvalue weighted by Gasteiger charge is 2.26. The zero-order valence-corrected chi connectivity index (χ0v) is 15.9. The molecule has 0 atom stereocenters. The third-order valence-corrected chi connectivity index (χ3v) is 6.81. The van der Waals surface area contributed by atoms with Gasteiger partial charge in [0, 0.05) is 43.3 Å². The fourth-order valence-corrected chi connectivity index (χ4v) is 4.72. The molecule has 136 valence electrons. The van der Waals surface area contributed by atoms with Gasteiger partial charge in [-0.15, -0.1) is 0 Å². The number of nitrogens with zero attached hydrogens (tertiary/aromatic N) is 1. The lowest BCUT2D eigenvalue weighted by Crippen LogP contribution is -2.43. The van der Waals surface area contributed by atoms with Gasteiger partial charge in [0.25, 0.3) is 0 Å². The minimum atomic E-state index is 0.585. The molecule has 0 unspecified atom stereocenters. The fraction of sp³-hybridized carbons (Fsp3) is 0.619. The van der Waals surface area contributed by atoms with Crippen LogP contribution in [-0.2, 0) is 4.74 Å². The maximum atomic E-state index is 5.41. The quantitative estimate of drug-likeness (QED) is 0.784. The van der Waals surface area contributed by atoms with E-state index in [-0.39, 0.29) is 0 Å². The minimum Gasteiger partial charge on any atom is -0.381 e. The normalized spacial score (nSPS) is 23.4. The number of piperidine rings is 1. The molecular formula is C21H30N2OS. The molecule has 3 fully saturated rings. The van der Waals surface area contributed by atoms with Gasteiger partial charge in [0.2, 0.25) is 0 Å². The van der Waals surface area contributed by atoms with Crippen LogP contribution in [0.2, 0.25) is 0 Å². The van der Waals surface area contributed by atoms with Crippen molar-refractivity contribution in [2.75, 3.05) is 26.3 Å². The van der Waals surface area contributed by atoms with Gasteiger partial charge in [-0.05, 0) is 68.2 Å². The molecule has 1 aliphatic carbocycles. The van der Waals surface area contributed by atoms with E-state index in [0.29, 0.717) is 6.04 Å². The third kappa shape index (κ3) is 4.88. The minimum absolute atomic E-state index is 0.585. The molecule has 0 bridgehead atoms. The van der Waals surface area contributed by atoms with E-state index in [9.17, 15) is 0 Å². The maximum absolute atomic E-state index is 5.41. The van der Waals surface area contributed by atoms with E-state index in [1.807, 2.05) is 0 Å². The fourth-order valence-electron chi connectivity index (χ4n) is 3.91. The average Bonchev–Trinajstić information content (AvgIpc) is 2.62. The van der Waals surface area contributed by atoms with E-state index in [1.54, 1.807) is 17.5 Å². The molecule has 3 aliphatic rings. The molecule has 0 radical (unpaired) electrons. The molecule has 0 aromatic heterocycles. The van der Waals surface area contributed by atoms with Crippen LogP contribution in [-0.4, -0.2) is 43.3 Å². The molecule has 1 saturated carbocycles. The van der Waals surface area contributed by atoms with Crippen LogP contribution in [0.5, 0.6) is 0 Å². The molecule has 0 amide bonds. The number of likely N-dealkylation sites (tertiary alicyclic amines) is 1. The topological polar surface area (TPSA) is 24.5 Å². The molecule has 2 heterocycles. The van der Waals surface area contributed by atoms with Crippen LogP contribution >= 0.6 is 11.9 Å². The standard InChI is InChI=1S/C21H30N2OS/c1-2-20(3-1)23-12-8-18(9-13-23)16-17-4-6-21(7-5-17)25-22-19-10-14-24-15-11-19/h4-7,16,19-20,22H,1-3,8-15H2. The number of nitrogens with one attached hydrogen (secondary N) is 1. The Morgan fingerprint density at radius 2 is 1.72 bits per heavy atom. The molecule has 1 aromatic carbocycles. The second-order valence-electron chi connectivity index (χ2n) is 7.60. The number of hydrogen-bond donors (Lipinski definition) is 1. The van der Waals surface area contributed by atoms with E-state index in [2.05, 4.69) is 40.0 Å². The van der Waals surface area contributed by atoms with Crippen LogP contribution < -0.4 is 4.72 Å². The van der Waals surface area contributed by atoms with Crippen LogP contribution in [0, 0.1) is 0 Å². The first-order chi connectivity index (χ1) is 12.4. The molecular weight excluding hydrogens is 328 g/mol. The van der Waals surface area contributed by atoms with E-state index >= 15 is 0 Å². The summed E-state index contributed by atoms with van der Waals surface area (Å²) in [5.41, 5.74) is 2.97. The molecule has 2 saturated heterocycles. The molecule has 0 spiro atoms. The molecule has 2 aliphatic heterocycles. The molecule has 1 aromatic rings. The number of ether oxygens (including phenoxy) is 1. The lowest BCUT2D eigenvalue weighted by atomic mass is 9.89. The average molecular weight is 359 g/mol. The van der Waals surface area contributed by atoms with Crippen molar-refractivity contribution in [3.8, 4) is 0 Å². The van der Waals surface area contributed by atoms with Crippen molar-refractivity contribution < 1.29 is 4.74 Å². The highest BCUT2D eigenvalue weighted by atomic mass is 32.2. The Balaban J connectivity index is 1.25. The number of benzene rings is 1. The summed E-state index contributed by atoms with van der Waals surface area (Å²) < 4.78 is 8.99. The van der Waals surface area contributed by atoms with E-state index in [1.165, 1.54) is 55.7 Å². The number of hydrogen-bond acceptors (Lipinski definition) is 4. The van der Waals surface area contributed by atoms with E-state index in [4.69, 9.17) is 4.74 Å². The van der Waals surface area contributed by atoms with Crippen LogP contribution in [0.15, 0.2) is 34.7 Å². The molecule has 4 heteroatoms. The first-order valence-electron chi connectivity index (χ1n) is 9.90. The van der Waals surface area contributed by atoms with Gasteiger partial charge in [0.1, 0.15) is 0 Å². The first kappa shape index (κ1) is 17.6. The Kier molecular flexibility index (Phi) is 6.14. The lowest BCUT2D eigenvalue weighted by molar-refractivity contribution is 0.0838. The Bertz CT molecular complexity index is 566. The van der Waals surface area contributed by atoms with Crippen LogP contribution in [0.3, 0.4) is 0 Å². The smallest absolute Gasteiger partial charge is 0.0481 e. The van der Waals surface area contributed by atoms with Crippen LogP contribution in [0.25, 0.3) is 6.08 Å². The van der Waals surface area contributed by atoms with Gasteiger partial charge in [0.15, 0.2) is 0 Å². The summed E-state index contributed by atoms with van der Waals surface area (Å²) in [5, 5.41) is 0. The Morgan fingerprint density at radius 1 is 1.00 bits per heavy atom. The van der Waals surface area contributed by atoms with E-state index < -0.39 is 0 Å². The Morgan fingerprint density at radius 3 is 2.36 bits per heavy atom. The zero-order valence-electron chi connectivity index (χ0n) is 15.1. The van der Waals surface area contributed by atoms with Crippen molar-refractivity contribution in [1.29, 1.82) is 0 Å². The van der Waals surface area contributed by atoms with Crippen LogP contribution in [0.4, 0.5) is 0 Å².